The van der Waals surface area contributed by atoms with Gasteiger partial charge in [-0.2, -0.15) is 0 Å². The van der Waals surface area contributed by atoms with Crippen LogP contribution in [0.15, 0.2) is 43.0 Å². The first-order valence-electron chi connectivity index (χ1n) is 5.71. The quantitative estimate of drug-likeness (QED) is 0.772. The highest BCUT2D eigenvalue weighted by atomic mass is 16.5. The Morgan fingerprint density at radius 2 is 1.78 bits per heavy atom. The van der Waals surface area contributed by atoms with Gasteiger partial charge in [-0.05, 0) is 17.5 Å². The Morgan fingerprint density at radius 3 is 2.39 bits per heavy atom. The molecule has 0 aliphatic carbocycles. The number of nitrogens with zero attached hydrogens (tertiary/aromatic N) is 2. The van der Waals surface area contributed by atoms with Gasteiger partial charge in [0.15, 0.2) is 0 Å². The monoisotopic (exact) mass is 242 g/mol. The second-order valence-electron chi connectivity index (χ2n) is 3.90. The zero-order chi connectivity index (χ0) is 12.8. The highest BCUT2D eigenvalue weighted by molar-refractivity contribution is 5.69. The lowest BCUT2D eigenvalue weighted by Gasteiger charge is -2.03. The molecule has 2 rings (SSSR count). The number of carbonyl (C=O) groups excluding carboxylic acids is 1. The Labute approximate surface area is 106 Å². The van der Waals surface area contributed by atoms with Crippen molar-refractivity contribution in [2.75, 3.05) is 7.11 Å². The molecule has 4 heteroatoms. The highest BCUT2D eigenvalue weighted by Gasteiger charge is 2.02. The van der Waals surface area contributed by atoms with Crippen LogP contribution in [0.1, 0.15) is 12.0 Å². The van der Waals surface area contributed by atoms with Crippen LogP contribution in [-0.2, 0) is 16.0 Å². The zero-order valence-corrected chi connectivity index (χ0v) is 10.2. The normalized spacial score (nSPS) is 10.1. The number of hydrogen-bond acceptors (Lipinski definition) is 4. The van der Waals surface area contributed by atoms with Gasteiger partial charge in [0, 0.05) is 24.4 Å². The minimum atomic E-state index is -0.185. The van der Waals surface area contributed by atoms with E-state index < -0.39 is 0 Å². The van der Waals surface area contributed by atoms with Crippen molar-refractivity contribution in [3.05, 3.63) is 48.5 Å². The van der Waals surface area contributed by atoms with Crippen molar-refractivity contribution >= 4 is 5.97 Å². The molecule has 0 saturated carbocycles. The molecule has 1 heterocycles. The molecule has 0 aliphatic heterocycles. The van der Waals surface area contributed by atoms with Gasteiger partial charge in [-0.1, -0.05) is 24.3 Å². The number of esters is 1. The van der Waals surface area contributed by atoms with Crippen LogP contribution in [0, 0.1) is 0 Å². The van der Waals surface area contributed by atoms with Crippen LogP contribution in [0.4, 0.5) is 0 Å². The molecular weight excluding hydrogens is 228 g/mol. The first-order chi connectivity index (χ1) is 8.79. The third-order valence-electron chi connectivity index (χ3n) is 2.69. The van der Waals surface area contributed by atoms with Gasteiger partial charge in [0.2, 0.25) is 0 Å². The van der Waals surface area contributed by atoms with E-state index in [4.69, 9.17) is 0 Å². The average Bonchev–Trinajstić information content (AvgIpc) is 2.46. The van der Waals surface area contributed by atoms with Gasteiger partial charge in [0.05, 0.1) is 7.11 Å². The minimum absolute atomic E-state index is 0.185. The van der Waals surface area contributed by atoms with Crippen molar-refractivity contribution in [2.45, 2.75) is 12.8 Å². The van der Waals surface area contributed by atoms with Gasteiger partial charge in [-0.3, -0.25) is 4.79 Å². The standard InChI is InChI=1S/C14H14N2O2/c1-18-14(17)7-4-11-2-5-12(6-3-11)13-8-15-10-16-9-13/h2-3,5-6,8-10H,4,7H2,1H3. The lowest BCUT2D eigenvalue weighted by atomic mass is 10.0. The first-order valence-corrected chi connectivity index (χ1v) is 5.71. The number of benzene rings is 1. The third-order valence-corrected chi connectivity index (χ3v) is 2.69. The van der Waals surface area contributed by atoms with Crippen LogP contribution >= 0.6 is 0 Å². The molecule has 0 radical (unpaired) electrons. The molecule has 0 unspecified atom stereocenters. The average molecular weight is 242 g/mol. The Bertz CT molecular complexity index is 509. The maximum absolute atomic E-state index is 11.0. The van der Waals surface area contributed by atoms with Crippen LogP contribution in [0.5, 0.6) is 0 Å². The minimum Gasteiger partial charge on any atom is -0.469 e. The first kappa shape index (κ1) is 12.2. The molecule has 0 fully saturated rings. The van der Waals surface area contributed by atoms with Gasteiger partial charge in [-0.25, -0.2) is 9.97 Å². The molecule has 1 aromatic heterocycles. The van der Waals surface area contributed by atoms with Crippen molar-refractivity contribution in [3.63, 3.8) is 0 Å². The zero-order valence-electron chi connectivity index (χ0n) is 10.2. The fourth-order valence-electron chi connectivity index (χ4n) is 1.66. The van der Waals surface area contributed by atoms with E-state index in [1.54, 1.807) is 12.4 Å². The van der Waals surface area contributed by atoms with E-state index >= 15 is 0 Å². The lowest BCUT2D eigenvalue weighted by molar-refractivity contribution is -0.140. The van der Waals surface area contributed by atoms with E-state index in [1.807, 2.05) is 24.3 Å². The van der Waals surface area contributed by atoms with E-state index in [0.29, 0.717) is 12.8 Å². The number of carbonyl (C=O) groups is 1. The maximum Gasteiger partial charge on any atom is 0.305 e. The van der Waals surface area contributed by atoms with Crippen molar-refractivity contribution in [3.8, 4) is 11.1 Å². The molecule has 0 amide bonds. The van der Waals surface area contributed by atoms with E-state index in [1.165, 1.54) is 13.4 Å². The molecule has 1 aromatic carbocycles. The topological polar surface area (TPSA) is 52.1 Å². The molecule has 92 valence electrons. The smallest absolute Gasteiger partial charge is 0.305 e. The van der Waals surface area contributed by atoms with Crippen molar-refractivity contribution in [1.29, 1.82) is 0 Å². The highest BCUT2D eigenvalue weighted by Crippen LogP contribution is 2.18. The molecule has 4 nitrogen and oxygen atoms in total. The molecule has 0 N–H and O–H groups in total. The molecule has 0 aliphatic rings. The summed E-state index contributed by atoms with van der Waals surface area (Å²) in [6.45, 7) is 0. The molecule has 0 saturated heterocycles. The number of hydrogen-bond donors (Lipinski definition) is 0. The number of aryl methyl sites for hydroxylation is 1. The fourth-order valence-corrected chi connectivity index (χ4v) is 1.66. The second kappa shape index (κ2) is 5.91. The largest absolute Gasteiger partial charge is 0.469 e. The van der Waals surface area contributed by atoms with Crippen LogP contribution in [0.3, 0.4) is 0 Å². The number of ether oxygens (including phenoxy) is 1. The Hall–Kier alpha value is -2.23. The van der Waals surface area contributed by atoms with Crippen LogP contribution < -0.4 is 0 Å². The third kappa shape index (κ3) is 3.13. The Kier molecular flexibility index (Phi) is 4.02. The van der Waals surface area contributed by atoms with E-state index in [2.05, 4.69) is 14.7 Å². The Balaban J connectivity index is 2.04. The predicted molar refractivity (Wildman–Crippen MR) is 67.8 cm³/mol. The van der Waals surface area contributed by atoms with Crippen molar-refractivity contribution in [2.24, 2.45) is 0 Å². The number of aromatic nitrogens is 2. The summed E-state index contributed by atoms with van der Waals surface area (Å²) in [5, 5.41) is 0. The van der Waals surface area contributed by atoms with Gasteiger partial charge in [0.1, 0.15) is 6.33 Å². The van der Waals surface area contributed by atoms with Gasteiger partial charge in [-0.15, -0.1) is 0 Å². The van der Waals surface area contributed by atoms with E-state index in [0.717, 1.165) is 16.7 Å². The lowest BCUT2D eigenvalue weighted by Crippen LogP contribution is -2.01. The number of rotatable bonds is 4. The maximum atomic E-state index is 11.0. The summed E-state index contributed by atoms with van der Waals surface area (Å²) in [4.78, 5) is 19.0. The van der Waals surface area contributed by atoms with Crippen LogP contribution in [0.2, 0.25) is 0 Å². The summed E-state index contributed by atoms with van der Waals surface area (Å²) in [6, 6.07) is 8.02. The van der Waals surface area contributed by atoms with E-state index in [9.17, 15) is 4.79 Å². The molecule has 0 atom stereocenters. The molecular formula is C14H14N2O2. The van der Waals surface area contributed by atoms with E-state index in [-0.39, 0.29) is 5.97 Å². The van der Waals surface area contributed by atoms with Crippen molar-refractivity contribution in [1.82, 2.24) is 9.97 Å². The SMILES string of the molecule is COC(=O)CCc1ccc(-c2cncnc2)cc1. The summed E-state index contributed by atoms with van der Waals surface area (Å²) < 4.78 is 4.61. The van der Waals surface area contributed by atoms with Gasteiger partial charge >= 0.3 is 5.97 Å². The predicted octanol–water partition coefficient (Wildman–Crippen LogP) is 2.25. The number of methoxy groups -OCH3 is 1. The van der Waals surface area contributed by atoms with Crippen LogP contribution in [0.25, 0.3) is 11.1 Å². The summed E-state index contributed by atoms with van der Waals surface area (Å²) in [6.07, 6.45) is 6.16. The second-order valence-corrected chi connectivity index (χ2v) is 3.90. The Morgan fingerprint density at radius 1 is 1.11 bits per heavy atom. The summed E-state index contributed by atoms with van der Waals surface area (Å²) in [7, 11) is 1.40. The summed E-state index contributed by atoms with van der Waals surface area (Å²) >= 11 is 0. The fraction of sp³-hybridized carbons (Fsp3) is 0.214. The molecule has 2 aromatic rings. The van der Waals surface area contributed by atoms with Gasteiger partial charge < -0.3 is 4.74 Å². The summed E-state index contributed by atoms with van der Waals surface area (Å²) in [5.41, 5.74) is 3.16. The van der Waals surface area contributed by atoms with Crippen molar-refractivity contribution < 1.29 is 9.53 Å². The molecule has 18 heavy (non-hydrogen) atoms. The molecule has 0 bridgehead atoms. The summed E-state index contributed by atoms with van der Waals surface area (Å²) in [5.74, 6) is -0.185. The molecule has 0 spiro atoms. The van der Waals surface area contributed by atoms with Crippen LogP contribution in [-0.4, -0.2) is 23.0 Å². The van der Waals surface area contributed by atoms with Gasteiger partial charge in [0.25, 0.3) is 0 Å².